The first kappa shape index (κ1) is 6.96. The van der Waals surface area contributed by atoms with Crippen LogP contribution in [-0.4, -0.2) is 25.3 Å². The molecule has 0 spiro atoms. The molecular weight excluding hydrogens is 119 g/mol. The largest absolute Gasteiger partial charge is 0.326 e. The van der Waals surface area contributed by atoms with E-state index in [2.05, 4.69) is 5.32 Å². The highest BCUT2D eigenvalue weighted by Gasteiger charge is 2.19. The van der Waals surface area contributed by atoms with Crippen molar-refractivity contribution >= 4 is 0 Å². The first-order valence-corrected chi connectivity index (χ1v) is 3.39. The molecule has 1 aliphatic rings. The Morgan fingerprint density at radius 2 is 2.44 bits per heavy atom. The van der Waals surface area contributed by atoms with Crippen LogP contribution in [0.1, 0.15) is 12.8 Å². The molecule has 0 bridgehead atoms. The Labute approximate surface area is 54.6 Å². The molecule has 0 aromatic rings. The van der Waals surface area contributed by atoms with E-state index in [-0.39, 0.29) is 18.8 Å². The summed E-state index contributed by atoms with van der Waals surface area (Å²) in [6, 6.07) is -0.0532. The lowest BCUT2D eigenvalue weighted by Gasteiger charge is -2.27. The lowest BCUT2D eigenvalue weighted by atomic mass is 10.0. The van der Waals surface area contributed by atoms with E-state index >= 15 is 0 Å². The molecule has 0 amide bonds. The molecule has 2 atom stereocenters. The fraction of sp³-hybridized carbons (Fsp3) is 1.00. The maximum Gasteiger partial charge on any atom is 0.106 e. The molecular formula is C6H13FN2. The molecule has 3 N–H and O–H groups in total. The van der Waals surface area contributed by atoms with Crippen LogP contribution in [0.5, 0.6) is 0 Å². The third-order valence-corrected chi connectivity index (χ3v) is 1.80. The van der Waals surface area contributed by atoms with Crippen molar-refractivity contribution in [3.05, 3.63) is 0 Å². The smallest absolute Gasteiger partial charge is 0.106 e. The second-order valence-corrected chi connectivity index (χ2v) is 2.52. The molecule has 1 fully saturated rings. The van der Waals surface area contributed by atoms with E-state index in [4.69, 9.17) is 5.73 Å². The van der Waals surface area contributed by atoms with Crippen LogP contribution < -0.4 is 11.1 Å². The maximum atomic E-state index is 12.0. The molecule has 0 aliphatic carbocycles. The molecule has 0 aromatic heterocycles. The summed E-state index contributed by atoms with van der Waals surface area (Å²) in [4.78, 5) is 0. The Balaban J connectivity index is 2.30. The number of piperidine rings is 1. The standard InChI is InChI=1S/C6H13FN2/c7-4-6-5(8)2-1-3-9-6/h5-6,9H,1-4,8H2. The van der Waals surface area contributed by atoms with Crippen molar-refractivity contribution in [3.63, 3.8) is 0 Å². The Morgan fingerprint density at radius 3 is 2.89 bits per heavy atom. The molecule has 0 radical (unpaired) electrons. The van der Waals surface area contributed by atoms with Gasteiger partial charge in [-0.2, -0.15) is 0 Å². The van der Waals surface area contributed by atoms with Gasteiger partial charge in [-0.25, -0.2) is 4.39 Å². The molecule has 1 rings (SSSR count). The van der Waals surface area contributed by atoms with Gasteiger partial charge in [-0.1, -0.05) is 0 Å². The molecule has 1 heterocycles. The van der Waals surface area contributed by atoms with Gasteiger partial charge in [0.05, 0.1) is 6.04 Å². The first-order chi connectivity index (χ1) is 4.34. The Bertz CT molecular complexity index is 87.1. The minimum Gasteiger partial charge on any atom is -0.326 e. The fourth-order valence-corrected chi connectivity index (χ4v) is 1.15. The van der Waals surface area contributed by atoms with E-state index in [0.717, 1.165) is 19.4 Å². The summed E-state index contributed by atoms with van der Waals surface area (Å²) in [6.45, 7) is 0.587. The summed E-state index contributed by atoms with van der Waals surface area (Å²) < 4.78 is 12.0. The third-order valence-electron chi connectivity index (χ3n) is 1.80. The zero-order valence-electron chi connectivity index (χ0n) is 5.44. The van der Waals surface area contributed by atoms with Gasteiger partial charge in [0.1, 0.15) is 6.67 Å². The van der Waals surface area contributed by atoms with Crippen molar-refractivity contribution in [2.45, 2.75) is 24.9 Å². The molecule has 1 saturated heterocycles. The number of hydrogen-bond donors (Lipinski definition) is 2. The van der Waals surface area contributed by atoms with E-state index in [1.54, 1.807) is 0 Å². The average Bonchev–Trinajstić information content (AvgIpc) is 1.89. The van der Waals surface area contributed by atoms with Crippen LogP contribution in [0.3, 0.4) is 0 Å². The maximum absolute atomic E-state index is 12.0. The summed E-state index contributed by atoms with van der Waals surface area (Å²) >= 11 is 0. The molecule has 3 heteroatoms. The highest BCUT2D eigenvalue weighted by molar-refractivity contribution is 4.82. The number of nitrogens with one attached hydrogen (secondary N) is 1. The lowest BCUT2D eigenvalue weighted by Crippen LogP contribution is -2.50. The van der Waals surface area contributed by atoms with Crippen molar-refractivity contribution in [1.82, 2.24) is 5.32 Å². The van der Waals surface area contributed by atoms with E-state index < -0.39 is 0 Å². The molecule has 0 aromatic carbocycles. The molecule has 9 heavy (non-hydrogen) atoms. The Morgan fingerprint density at radius 1 is 1.67 bits per heavy atom. The lowest BCUT2D eigenvalue weighted by molar-refractivity contribution is 0.287. The van der Waals surface area contributed by atoms with Gasteiger partial charge < -0.3 is 11.1 Å². The van der Waals surface area contributed by atoms with Gasteiger partial charge in [-0.05, 0) is 19.4 Å². The third kappa shape index (κ3) is 1.63. The zero-order valence-corrected chi connectivity index (χ0v) is 5.44. The van der Waals surface area contributed by atoms with E-state index in [1.807, 2.05) is 0 Å². The van der Waals surface area contributed by atoms with Crippen molar-refractivity contribution < 1.29 is 4.39 Å². The highest BCUT2D eigenvalue weighted by Crippen LogP contribution is 2.05. The number of hydrogen-bond acceptors (Lipinski definition) is 2. The topological polar surface area (TPSA) is 38.0 Å². The number of nitrogens with two attached hydrogens (primary N) is 1. The second kappa shape index (κ2) is 3.13. The second-order valence-electron chi connectivity index (χ2n) is 2.52. The zero-order chi connectivity index (χ0) is 6.69. The first-order valence-electron chi connectivity index (χ1n) is 3.39. The van der Waals surface area contributed by atoms with Crippen LogP contribution in [0, 0.1) is 0 Å². The normalized spacial score (nSPS) is 36.7. The van der Waals surface area contributed by atoms with Gasteiger partial charge in [-0.3, -0.25) is 0 Å². The van der Waals surface area contributed by atoms with Gasteiger partial charge in [0.25, 0.3) is 0 Å². The van der Waals surface area contributed by atoms with Crippen LogP contribution >= 0.6 is 0 Å². The monoisotopic (exact) mass is 132 g/mol. The van der Waals surface area contributed by atoms with Gasteiger partial charge in [0, 0.05) is 6.04 Å². The van der Waals surface area contributed by atoms with Gasteiger partial charge in [0.15, 0.2) is 0 Å². The SMILES string of the molecule is NC1CCCNC1CF. The van der Waals surface area contributed by atoms with Crippen LogP contribution in [-0.2, 0) is 0 Å². The highest BCUT2D eigenvalue weighted by atomic mass is 19.1. The van der Waals surface area contributed by atoms with E-state index in [0.29, 0.717) is 0 Å². The van der Waals surface area contributed by atoms with Gasteiger partial charge in [-0.15, -0.1) is 0 Å². The Hall–Kier alpha value is -0.150. The molecule has 1 aliphatic heterocycles. The van der Waals surface area contributed by atoms with Crippen molar-refractivity contribution in [2.24, 2.45) is 5.73 Å². The molecule has 2 unspecified atom stereocenters. The van der Waals surface area contributed by atoms with Crippen LogP contribution in [0.2, 0.25) is 0 Å². The van der Waals surface area contributed by atoms with Crippen molar-refractivity contribution in [1.29, 1.82) is 0 Å². The number of rotatable bonds is 1. The number of alkyl halides is 1. The molecule has 2 nitrogen and oxygen atoms in total. The quantitative estimate of drug-likeness (QED) is 0.528. The molecule has 0 saturated carbocycles. The summed E-state index contributed by atoms with van der Waals surface area (Å²) in [7, 11) is 0. The minimum absolute atomic E-state index is 0.0312. The van der Waals surface area contributed by atoms with Crippen LogP contribution in [0.25, 0.3) is 0 Å². The van der Waals surface area contributed by atoms with Gasteiger partial charge >= 0.3 is 0 Å². The van der Waals surface area contributed by atoms with Gasteiger partial charge in [0.2, 0.25) is 0 Å². The van der Waals surface area contributed by atoms with Crippen LogP contribution in [0.4, 0.5) is 4.39 Å². The predicted molar refractivity (Wildman–Crippen MR) is 35.0 cm³/mol. The van der Waals surface area contributed by atoms with E-state index in [1.165, 1.54) is 0 Å². The van der Waals surface area contributed by atoms with Crippen LogP contribution in [0.15, 0.2) is 0 Å². The number of halogens is 1. The summed E-state index contributed by atoms with van der Waals surface area (Å²) in [5, 5.41) is 3.02. The van der Waals surface area contributed by atoms with E-state index in [9.17, 15) is 4.39 Å². The fourth-order valence-electron chi connectivity index (χ4n) is 1.15. The predicted octanol–water partition coefficient (Wildman–Crippen LogP) is 0.0352. The summed E-state index contributed by atoms with van der Waals surface area (Å²) in [5.41, 5.74) is 5.59. The van der Waals surface area contributed by atoms with Crippen molar-refractivity contribution in [2.75, 3.05) is 13.2 Å². The Kier molecular flexibility index (Phi) is 2.42. The average molecular weight is 132 g/mol. The summed E-state index contributed by atoms with van der Waals surface area (Å²) in [5.74, 6) is 0. The minimum atomic E-state index is -0.332. The summed E-state index contributed by atoms with van der Waals surface area (Å²) in [6.07, 6.45) is 2.04. The molecule has 54 valence electrons. The van der Waals surface area contributed by atoms with Crippen molar-refractivity contribution in [3.8, 4) is 0 Å².